The van der Waals surface area contributed by atoms with Crippen molar-refractivity contribution in [2.24, 2.45) is 28.7 Å². The highest BCUT2D eigenvalue weighted by Crippen LogP contribution is 2.81. The molecule has 0 unspecified atom stereocenters. The quantitative estimate of drug-likeness (QED) is 0.421. The summed E-state index contributed by atoms with van der Waals surface area (Å²) < 4.78 is 6.30. The van der Waals surface area contributed by atoms with Crippen LogP contribution in [0, 0.1) is 33.8 Å². The zero-order chi connectivity index (χ0) is 25.7. The van der Waals surface area contributed by atoms with Gasteiger partial charge in [0.25, 0.3) is 5.69 Å². The number of non-ortho nitro benzene ring substituents is 1. The van der Waals surface area contributed by atoms with Crippen LogP contribution in [-0.4, -0.2) is 39.8 Å². The second kappa shape index (κ2) is 7.21. The Morgan fingerprint density at radius 3 is 2.16 bits per heavy atom. The molecule has 7 nitrogen and oxygen atoms in total. The van der Waals surface area contributed by atoms with Gasteiger partial charge in [0.2, 0.25) is 0 Å². The van der Waals surface area contributed by atoms with Crippen molar-refractivity contribution < 1.29 is 19.6 Å². The molecule has 0 amide bonds. The molecular formula is C30H26N2O5. The summed E-state index contributed by atoms with van der Waals surface area (Å²) in [6.45, 7) is 2.12. The molecule has 7 heteroatoms. The number of nitro groups is 1. The van der Waals surface area contributed by atoms with E-state index in [-0.39, 0.29) is 29.2 Å². The molecule has 186 valence electrons. The first-order valence-electron chi connectivity index (χ1n) is 12.6. The van der Waals surface area contributed by atoms with E-state index in [1.165, 1.54) is 19.2 Å². The van der Waals surface area contributed by atoms with Crippen molar-refractivity contribution in [2.45, 2.75) is 29.6 Å². The maximum Gasteiger partial charge on any atom is 0.269 e. The van der Waals surface area contributed by atoms with Crippen LogP contribution in [0.15, 0.2) is 89.9 Å². The first-order chi connectivity index (χ1) is 17.8. The van der Waals surface area contributed by atoms with E-state index in [4.69, 9.17) is 9.73 Å². The van der Waals surface area contributed by atoms with E-state index in [0.29, 0.717) is 5.56 Å². The SMILES string of the molecule is CO[C@]12C(=O)[C@@H]3[C@H](c4ccccc4)[C@@H](C)[C@@H]4[C@H]1C(c1ccccc1)=N[C@@]2(c1ccc([N+](=O)[O-])cc1)[C@@]43O. The second-order valence-electron chi connectivity index (χ2n) is 10.8. The molecule has 1 heterocycles. The number of hydrogen-bond acceptors (Lipinski definition) is 6. The monoisotopic (exact) mass is 494 g/mol. The molecule has 0 saturated heterocycles. The normalized spacial score (nSPS) is 38.7. The molecule has 0 aromatic heterocycles. The summed E-state index contributed by atoms with van der Waals surface area (Å²) in [4.78, 5) is 30.8. The van der Waals surface area contributed by atoms with Gasteiger partial charge in [-0.05, 0) is 40.7 Å². The van der Waals surface area contributed by atoms with E-state index in [1.54, 1.807) is 12.1 Å². The highest BCUT2D eigenvalue weighted by molar-refractivity contribution is 6.15. The Kier molecular flexibility index (Phi) is 4.39. The standard InChI is InChI=1S/C30H26N2O5/c1-17-22(18-9-5-3-6-10-18)24-27(33)29(37-2)25-23(17)28(24,34)30(29,20-13-15-21(16-14-20)32(35)36)31-26(25)19-11-7-4-8-12-19/h3-17,22-25,34H,1-2H3/t17-,22+,23-,24+,25+,28-,29+,30+/m1/s1. The Labute approximate surface area is 214 Å². The van der Waals surface area contributed by atoms with E-state index >= 15 is 0 Å². The number of nitrogens with zero attached hydrogens (tertiary/aromatic N) is 2. The summed E-state index contributed by atoms with van der Waals surface area (Å²) in [6.07, 6.45) is 0. The number of aliphatic hydroxyl groups is 1. The molecule has 3 aromatic rings. The van der Waals surface area contributed by atoms with Gasteiger partial charge in [0, 0.05) is 31.1 Å². The molecule has 4 aliphatic rings. The number of ether oxygens (including phenoxy) is 1. The van der Waals surface area contributed by atoms with Crippen molar-refractivity contribution in [2.75, 3.05) is 7.11 Å². The zero-order valence-corrected chi connectivity index (χ0v) is 20.4. The Hall–Kier alpha value is -3.68. The minimum absolute atomic E-state index is 0.0301. The predicted octanol–water partition coefficient (Wildman–Crippen LogP) is 4.29. The molecular weight excluding hydrogens is 468 g/mol. The van der Waals surface area contributed by atoms with Crippen LogP contribution in [0.4, 0.5) is 5.69 Å². The number of nitro benzene ring substituents is 1. The van der Waals surface area contributed by atoms with Gasteiger partial charge in [-0.3, -0.25) is 19.9 Å². The van der Waals surface area contributed by atoms with Crippen molar-refractivity contribution in [1.29, 1.82) is 0 Å². The largest absolute Gasteiger partial charge is 0.386 e. The number of hydrogen-bond donors (Lipinski definition) is 1. The number of aliphatic imine (C=N–C) groups is 1. The number of ketones is 1. The molecule has 3 aromatic carbocycles. The van der Waals surface area contributed by atoms with Gasteiger partial charge in [0.05, 0.1) is 16.6 Å². The Balaban J connectivity index is 1.54. The zero-order valence-electron chi connectivity index (χ0n) is 20.4. The first kappa shape index (κ1) is 22.5. The third kappa shape index (κ3) is 2.27. The van der Waals surface area contributed by atoms with Gasteiger partial charge >= 0.3 is 0 Å². The fourth-order valence-corrected chi connectivity index (χ4v) is 8.65. The van der Waals surface area contributed by atoms with Crippen molar-refractivity contribution in [3.05, 3.63) is 112 Å². The number of fused-ring (bicyclic) bond motifs is 1. The van der Waals surface area contributed by atoms with E-state index < -0.39 is 33.5 Å². The molecule has 3 saturated carbocycles. The number of carbonyl (C=O) groups is 1. The van der Waals surface area contributed by atoms with Crippen LogP contribution in [-0.2, 0) is 15.1 Å². The number of methoxy groups -OCH3 is 1. The molecule has 3 fully saturated rings. The van der Waals surface area contributed by atoms with Gasteiger partial charge in [0.15, 0.2) is 16.9 Å². The summed E-state index contributed by atoms with van der Waals surface area (Å²) in [5.41, 5.74) is -1.15. The summed E-state index contributed by atoms with van der Waals surface area (Å²) in [7, 11) is 1.53. The van der Waals surface area contributed by atoms with Crippen LogP contribution in [0.3, 0.4) is 0 Å². The predicted molar refractivity (Wildman–Crippen MR) is 136 cm³/mol. The van der Waals surface area contributed by atoms with Crippen molar-refractivity contribution in [3.63, 3.8) is 0 Å². The summed E-state index contributed by atoms with van der Waals surface area (Å²) >= 11 is 0. The fraction of sp³-hybridized carbons (Fsp3) is 0.333. The lowest BCUT2D eigenvalue weighted by atomic mass is 9.69. The number of benzene rings is 3. The van der Waals surface area contributed by atoms with Gasteiger partial charge in [-0.1, -0.05) is 67.6 Å². The van der Waals surface area contributed by atoms with Crippen molar-refractivity contribution in [3.8, 4) is 0 Å². The minimum Gasteiger partial charge on any atom is -0.386 e. The molecule has 1 N–H and O–H groups in total. The third-order valence-corrected chi connectivity index (χ3v) is 9.69. The van der Waals surface area contributed by atoms with E-state index in [0.717, 1.165) is 16.8 Å². The van der Waals surface area contributed by atoms with Crippen LogP contribution < -0.4 is 0 Å². The smallest absolute Gasteiger partial charge is 0.269 e. The van der Waals surface area contributed by atoms with E-state index in [1.807, 2.05) is 60.7 Å². The number of Topliss-reactive ketones (excluding diaryl/α,β-unsaturated/α-hetero) is 1. The molecule has 0 spiro atoms. The molecule has 8 atom stereocenters. The Morgan fingerprint density at radius 1 is 0.946 bits per heavy atom. The third-order valence-electron chi connectivity index (χ3n) is 9.69. The highest BCUT2D eigenvalue weighted by atomic mass is 16.6. The second-order valence-corrected chi connectivity index (χ2v) is 10.8. The average molecular weight is 495 g/mol. The van der Waals surface area contributed by atoms with Gasteiger partial charge in [0.1, 0.15) is 5.60 Å². The maximum absolute atomic E-state index is 14.6. The van der Waals surface area contributed by atoms with Crippen LogP contribution >= 0.6 is 0 Å². The molecule has 7 rings (SSSR count). The lowest BCUT2D eigenvalue weighted by Gasteiger charge is -2.42. The van der Waals surface area contributed by atoms with Gasteiger partial charge in [-0.2, -0.15) is 0 Å². The van der Waals surface area contributed by atoms with Crippen LogP contribution in [0.1, 0.15) is 29.5 Å². The first-order valence-corrected chi connectivity index (χ1v) is 12.6. The summed E-state index contributed by atoms with van der Waals surface area (Å²) in [6, 6.07) is 25.8. The number of carbonyl (C=O) groups excluding carboxylic acids is 1. The molecule has 0 radical (unpaired) electrons. The summed E-state index contributed by atoms with van der Waals surface area (Å²) in [5.74, 6) is -1.81. The number of rotatable bonds is 5. The molecule has 1 aliphatic heterocycles. The molecule has 37 heavy (non-hydrogen) atoms. The average Bonchev–Trinajstić information content (AvgIpc) is 3.47. The minimum atomic E-state index is -1.50. The van der Waals surface area contributed by atoms with Gasteiger partial charge in [-0.15, -0.1) is 0 Å². The topological polar surface area (TPSA) is 102 Å². The van der Waals surface area contributed by atoms with Crippen molar-refractivity contribution >= 4 is 17.2 Å². The Morgan fingerprint density at radius 2 is 1.57 bits per heavy atom. The maximum atomic E-state index is 14.6. The lowest BCUT2D eigenvalue weighted by molar-refractivity contribution is -0.384. The van der Waals surface area contributed by atoms with Gasteiger partial charge in [-0.25, -0.2) is 0 Å². The molecule has 3 aliphatic carbocycles. The van der Waals surface area contributed by atoms with E-state index in [2.05, 4.69) is 6.92 Å². The van der Waals surface area contributed by atoms with Crippen molar-refractivity contribution in [1.82, 2.24) is 0 Å². The van der Waals surface area contributed by atoms with Gasteiger partial charge < -0.3 is 9.84 Å². The van der Waals surface area contributed by atoms with E-state index in [9.17, 15) is 20.0 Å². The summed E-state index contributed by atoms with van der Waals surface area (Å²) in [5, 5.41) is 24.3. The van der Waals surface area contributed by atoms with Crippen LogP contribution in [0.2, 0.25) is 0 Å². The Bertz CT molecular complexity index is 1470. The van der Waals surface area contributed by atoms with Crippen LogP contribution in [0.25, 0.3) is 0 Å². The van der Waals surface area contributed by atoms with Crippen LogP contribution in [0.5, 0.6) is 0 Å². The highest BCUT2D eigenvalue weighted by Gasteiger charge is 2.95. The molecule has 4 bridgehead atoms. The fourth-order valence-electron chi connectivity index (χ4n) is 8.65. The lowest BCUT2D eigenvalue weighted by Crippen LogP contribution is -2.54.